The molecule has 82 valence electrons. The fraction of sp³-hybridized carbons (Fsp3) is 0.222. The number of ether oxygens (including phenoxy) is 1. The monoisotopic (exact) mass is 218 g/mol. The van der Waals surface area contributed by atoms with Gasteiger partial charge in [0.05, 0.1) is 6.21 Å². The van der Waals surface area contributed by atoms with Gasteiger partial charge in [-0.15, -0.1) is 13.2 Å². The van der Waals surface area contributed by atoms with E-state index in [-0.39, 0.29) is 5.75 Å². The zero-order valence-electron chi connectivity index (χ0n) is 7.88. The number of rotatable bonds is 3. The van der Waals surface area contributed by atoms with Crippen LogP contribution < -0.4 is 10.2 Å². The van der Waals surface area contributed by atoms with Crippen molar-refractivity contribution < 1.29 is 17.9 Å². The molecule has 6 heteroatoms. The van der Waals surface area contributed by atoms with Gasteiger partial charge in [-0.2, -0.15) is 5.10 Å². The maximum atomic E-state index is 11.8. The Kier molecular flexibility index (Phi) is 3.54. The average Bonchev–Trinajstić information content (AvgIpc) is 2.14. The zero-order valence-corrected chi connectivity index (χ0v) is 7.88. The summed E-state index contributed by atoms with van der Waals surface area (Å²) < 4.78 is 39.1. The Morgan fingerprint density at radius 2 is 1.87 bits per heavy atom. The molecule has 0 aliphatic carbocycles. The van der Waals surface area contributed by atoms with Crippen LogP contribution in [0.5, 0.6) is 5.75 Å². The van der Waals surface area contributed by atoms with Gasteiger partial charge >= 0.3 is 6.36 Å². The number of nitrogens with one attached hydrogen (secondary N) is 1. The van der Waals surface area contributed by atoms with Crippen LogP contribution in [-0.2, 0) is 0 Å². The summed E-state index contributed by atoms with van der Waals surface area (Å²) in [4.78, 5) is 0. The van der Waals surface area contributed by atoms with Crippen LogP contribution in [-0.4, -0.2) is 19.6 Å². The van der Waals surface area contributed by atoms with E-state index in [0.717, 1.165) is 0 Å². The Morgan fingerprint density at radius 3 is 2.33 bits per heavy atom. The third kappa shape index (κ3) is 4.35. The Morgan fingerprint density at radius 1 is 1.27 bits per heavy atom. The summed E-state index contributed by atoms with van der Waals surface area (Å²) in [6, 6.07) is 5.40. The van der Waals surface area contributed by atoms with Crippen molar-refractivity contribution in [3.8, 4) is 5.75 Å². The predicted molar refractivity (Wildman–Crippen MR) is 49.8 cm³/mol. The van der Waals surface area contributed by atoms with Crippen LogP contribution in [0.25, 0.3) is 0 Å². The van der Waals surface area contributed by atoms with Crippen LogP contribution in [0.3, 0.4) is 0 Å². The number of hydrazone groups is 1. The summed E-state index contributed by atoms with van der Waals surface area (Å²) in [5.74, 6) is -0.246. The molecule has 0 spiro atoms. The molecule has 15 heavy (non-hydrogen) atoms. The molecule has 0 atom stereocenters. The molecular weight excluding hydrogens is 209 g/mol. The van der Waals surface area contributed by atoms with Crippen LogP contribution >= 0.6 is 0 Å². The van der Waals surface area contributed by atoms with Gasteiger partial charge in [-0.25, -0.2) is 0 Å². The largest absolute Gasteiger partial charge is 0.573 e. The van der Waals surface area contributed by atoms with E-state index in [1.165, 1.54) is 30.5 Å². The zero-order chi connectivity index (χ0) is 11.3. The van der Waals surface area contributed by atoms with E-state index < -0.39 is 6.36 Å². The van der Waals surface area contributed by atoms with Crippen molar-refractivity contribution in [3.63, 3.8) is 0 Å². The van der Waals surface area contributed by atoms with Crippen LogP contribution in [0.4, 0.5) is 13.2 Å². The normalized spacial score (nSPS) is 11.7. The lowest BCUT2D eigenvalue weighted by Crippen LogP contribution is -2.17. The van der Waals surface area contributed by atoms with Gasteiger partial charge in [0.1, 0.15) is 5.75 Å². The predicted octanol–water partition coefficient (Wildman–Crippen LogP) is 2.14. The highest BCUT2D eigenvalue weighted by molar-refractivity contribution is 5.79. The van der Waals surface area contributed by atoms with E-state index >= 15 is 0 Å². The Balaban J connectivity index is 2.68. The molecule has 0 radical (unpaired) electrons. The Bertz CT molecular complexity index is 332. The van der Waals surface area contributed by atoms with Crippen molar-refractivity contribution in [2.75, 3.05) is 7.05 Å². The van der Waals surface area contributed by atoms with Gasteiger partial charge in [0, 0.05) is 7.05 Å². The number of halogens is 3. The number of hydrogen-bond acceptors (Lipinski definition) is 3. The molecule has 3 nitrogen and oxygen atoms in total. The maximum Gasteiger partial charge on any atom is 0.573 e. The summed E-state index contributed by atoms with van der Waals surface area (Å²) in [6.45, 7) is 0. The average molecular weight is 218 g/mol. The fourth-order valence-electron chi connectivity index (χ4n) is 0.895. The quantitative estimate of drug-likeness (QED) is 0.622. The van der Waals surface area contributed by atoms with Gasteiger partial charge in [-0.05, 0) is 29.8 Å². The molecule has 0 saturated carbocycles. The number of hydrogen-bond donors (Lipinski definition) is 1. The van der Waals surface area contributed by atoms with Gasteiger partial charge < -0.3 is 10.2 Å². The molecule has 0 aromatic heterocycles. The van der Waals surface area contributed by atoms with Crippen molar-refractivity contribution in [1.82, 2.24) is 5.43 Å². The fourth-order valence-corrected chi connectivity index (χ4v) is 0.895. The van der Waals surface area contributed by atoms with Crippen molar-refractivity contribution in [2.45, 2.75) is 6.36 Å². The minimum Gasteiger partial charge on any atom is -0.406 e. The molecule has 0 aliphatic heterocycles. The first-order chi connectivity index (χ1) is 7.01. The van der Waals surface area contributed by atoms with Crippen LogP contribution in [0.1, 0.15) is 5.56 Å². The SMILES string of the molecule is CN/N=C/c1ccc(OC(F)(F)F)cc1. The third-order valence-electron chi connectivity index (χ3n) is 1.46. The Labute approximate surface area is 84.6 Å². The van der Waals surface area contributed by atoms with Crippen molar-refractivity contribution in [3.05, 3.63) is 29.8 Å². The van der Waals surface area contributed by atoms with E-state index in [2.05, 4.69) is 15.3 Å². The highest BCUT2D eigenvalue weighted by Gasteiger charge is 2.30. The van der Waals surface area contributed by atoms with Gasteiger partial charge in [0.15, 0.2) is 0 Å². The molecule has 0 amide bonds. The van der Waals surface area contributed by atoms with Crippen molar-refractivity contribution >= 4 is 6.21 Å². The van der Waals surface area contributed by atoms with Crippen LogP contribution in [0, 0.1) is 0 Å². The second-order valence-electron chi connectivity index (χ2n) is 2.60. The van der Waals surface area contributed by atoms with E-state index in [4.69, 9.17) is 0 Å². The highest BCUT2D eigenvalue weighted by Crippen LogP contribution is 2.22. The topological polar surface area (TPSA) is 33.6 Å². The lowest BCUT2D eigenvalue weighted by Gasteiger charge is -2.08. The second-order valence-corrected chi connectivity index (χ2v) is 2.60. The molecule has 0 unspecified atom stereocenters. The summed E-state index contributed by atoms with van der Waals surface area (Å²) in [7, 11) is 1.62. The minimum absolute atomic E-state index is 0.246. The first-order valence-corrected chi connectivity index (χ1v) is 4.07. The van der Waals surface area contributed by atoms with E-state index in [9.17, 15) is 13.2 Å². The minimum atomic E-state index is -4.65. The Hall–Kier alpha value is -1.72. The first kappa shape index (κ1) is 11.4. The summed E-state index contributed by atoms with van der Waals surface area (Å²) in [5, 5.41) is 3.71. The molecule has 0 fully saturated rings. The first-order valence-electron chi connectivity index (χ1n) is 4.07. The molecule has 0 heterocycles. The van der Waals surface area contributed by atoms with Gasteiger partial charge in [-0.3, -0.25) is 0 Å². The molecule has 1 aromatic carbocycles. The third-order valence-corrected chi connectivity index (χ3v) is 1.46. The lowest BCUT2D eigenvalue weighted by atomic mass is 10.2. The molecule has 1 aromatic rings. The smallest absolute Gasteiger partial charge is 0.406 e. The maximum absolute atomic E-state index is 11.8. The summed E-state index contributed by atoms with van der Waals surface area (Å²) in [5.41, 5.74) is 3.21. The molecule has 0 bridgehead atoms. The van der Waals surface area contributed by atoms with Crippen LogP contribution in [0.15, 0.2) is 29.4 Å². The summed E-state index contributed by atoms with van der Waals surface area (Å²) in [6.07, 6.45) is -3.17. The van der Waals surface area contributed by atoms with E-state index in [1.807, 2.05) is 0 Å². The van der Waals surface area contributed by atoms with Gasteiger partial charge in [0.2, 0.25) is 0 Å². The van der Waals surface area contributed by atoms with Gasteiger partial charge in [0.25, 0.3) is 0 Å². The number of benzene rings is 1. The number of nitrogens with zero attached hydrogens (tertiary/aromatic N) is 1. The van der Waals surface area contributed by atoms with Gasteiger partial charge in [-0.1, -0.05) is 0 Å². The van der Waals surface area contributed by atoms with Crippen molar-refractivity contribution in [2.24, 2.45) is 5.10 Å². The number of alkyl halides is 3. The molecule has 0 saturated heterocycles. The van der Waals surface area contributed by atoms with Crippen LogP contribution in [0.2, 0.25) is 0 Å². The van der Waals surface area contributed by atoms with E-state index in [0.29, 0.717) is 5.56 Å². The summed E-state index contributed by atoms with van der Waals surface area (Å²) >= 11 is 0. The lowest BCUT2D eigenvalue weighted by molar-refractivity contribution is -0.274. The molecular formula is C9H9F3N2O. The second kappa shape index (κ2) is 4.68. The standard InChI is InChI=1S/C9H9F3N2O/c1-13-14-6-7-2-4-8(5-3-7)15-9(10,11)12/h2-6,13H,1H3/b14-6+. The highest BCUT2D eigenvalue weighted by atomic mass is 19.4. The van der Waals surface area contributed by atoms with E-state index in [1.54, 1.807) is 7.05 Å². The molecule has 1 rings (SSSR count). The molecule has 0 aliphatic rings. The van der Waals surface area contributed by atoms with Crippen molar-refractivity contribution in [1.29, 1.82) is 0 Å². The molecule has 1 N–H and O–H groups in total.